The number of halogens is 2. The molecule has 0 spiro atoms. The number of benzene rings is 2. The number of ether oxygens (including phenoxy) is 1. The van der Waals surface area contributed by atoms with Crippen molar-refractivity contribution in [3.8, 4) is 5.75 Å². The van der Waals surface area contributed by atoms with Crippen molar-refractivity contribution in [2.24, 2.45) is 0 Å². The molecule has 0 bridgehead atoms. The lowest BCUT2D eigenvalue weighted by molar-refractivity contribution is -0.142. The molecule has 0 amide bonds. The van der Waals surface area contributed by atoms with Gasteiger partial charge < -0.3 is 14.4 Å². The maximum absolute atomic E-state index is 13.5. The highest BCUT2D eigenvalue weighted by Gasteiger charge is 2.30. The Morgan fingerprint density at radius 2 is 2.15 bits per heavy atom. The van der Waals surface area contributed by atoms with Crippen LogP contribution < -0.4 is 4.74 Å². The largest absolute Gasteiger partial charge is 0.606 e. The molecule has 2 aromatic rings. The summed E-state index contributed by atoms with van der Waals surface area (Å²) >= 11 is 4.53. The fourth-order valence-corrected chi connectivity index (χ4v) is 4.72. The van der Waals surface area contributed by atoms with Gasteiger partial charge in [0.25, 0.3) is 0 Å². The molecule has 1 N–H and O–H groups in total. The second-order valence-corrected chi connectivity index (χ2v) is 8.00. The van der Waals surface area contributed by atoms with Crippen molar-refractivity contribution >= 4 is 28.7 Å². The highest BCUT2D eigenvalue weighted by molar-refractivity contribution is 7.91. The number of hydrogen-bond donors (Lipinski definition) is 1. The van der Waals surface area contributed by atoms with Crippen LogP contribution in [0.5, 0.6) is 5.75 Å². The molecule has 1 aliphatic heterocycles. The molecule has 2 atom stereocenters. The van der Waals surface area contributed by atoms with Crippen molar-refractivity contribution in [2.45, 2.75) is 28.7 Å². The highest BCUT2D eigenvalue weighted by Crippen LogP contribution is 2.35. The number of hydrogen-bond acceptors (Lipinski definition) is 4. The predicted octanol–water partition coefficient (Wildman–Crippen LogP) is 3.57. The Hall–Kier alpha value is -1.80. The summed E-state index contributed by atoms with van der Waals surface area (Å²) in [4.78, 5) is 13.7. The smallest absolute Gasteiger partial charge is 0.320 e. The van der Waals surface area contributed by atoms with Gasteiger partial charge in [-0.1, -0.05) is 23.7 Å². The van der Waals surface area contributed by atoms with Crippen LogP contribution in [0, 0.1) is 5.82 Å². The van der Waals surface area contributed by atoms with Gasteiger partial charge in [0.2, 0.25) is 4.90 Å². The van der Waals surface area contributed by atoms with E-state index >= 15 is 0 Å². The first kappa shape index (κ1) is 19.9. The number of carboxylic acids is 1. The van der Waals surface area contributed by atoms with E-state index in [4.69, 9.17) is 16.3 Å². The molecule has 1 fully saturated rings. The minimum absolute atomic E-state index is 0.234. The monoisotopic (exact) mass is 411 g/mol. The zero-order valence-corrected chi connectivity index (χ0v) is 16.0. The molecule has 0 saturated carbocycles. The Morgan fingerprint density at radius 1 is 1.37 bits per heavy atom. The average molecular weight is 412 g/mol. The summed E-state index contributed by atoms with van der Waals surface area (Å²) in [5.74, 6) is -0.969. The minimum atomic E-state index is -1.70. The number of likely N-dealkylation sites (tertiary alicyclic amines) is 1. The van der Waals surface area contributed by atoms with Crippen LogP contribution in [-0.2, 0) is 16.0 Å². The molecule has 0 aromatic heterocycles. The van der Waals surface area contributed by atoms with Crippen LogP contribution in [0.2, 0.25) is 5.02 Å². The molecule has 1 unspecified atom stereocenters. The number of nitrogens with zero attached hydrogens (tertiary/aromatic N) is 1. The minimum Gasteiger partial charge on any atom is -0.606 e. The van der Waals surface area contributed by atoms with Crippen molar-refractivity contribution in [1.29, 1.82) is 0 Å². The Bertz CT molecular complexity index is 822. The van der Waals surface area contributed by atoms with Crippen molar-refractivity contribution < 1.29 is 23.6 Å². The lowest BCUT2D eigenvalue weighted by Gasteiger charge is -2.21. The first-order chi connectivity index (χ1) is 13.0. The topological polar surface area (TPSA) is 72.8 Å². The van der Waals surface area contributed by atoms with Crippen LogP contribution in [0.4, 0.5) is 4.39 Å². The Kier molecular flexibility index (Phi) is 6.59. The van der Waals surface area contributed by atoms with E-state index in [9.17, 15) is 18.8 Å². The molecule has 0 aliphatic carbocycles. The maximum atomic E-state index is 13.5. The number of rotatable bonds is 7. The van der Waals surface area contributed by atoms with Crippen LogP contribution in [0.3, 0.4) is 0 Å². The van der Waals surface area contributed by atoms with E-state index in [0.29, 0.717) is 30.2 Å². The van der Waals surface area contributed by atoms with Crippen molar-refractivity contribution in [2.75, 3.05) is 19.7 Å². The second kappa shape index (κ2) is 8.93. The third kappa shape index (κ3) is 4.73. The van der Waals surface area contributed by atoms with E-state index in [0.717, 1.165) is 6.42 Å². The maximum Gasteiger partial charge on any atom is 0.320 e. The summed E-state index contributed by atoms with van der Waals surface area (Å²) in [7, 11) is 0. The molecule has 27 heavy (non-hydrogen) atoms. The van der Waals surface area contributed by atoms with Gasteiger partial charge in [-0.15, -0.1) is 0 Å². The molecular weight excluding hydrogens is 393 g/mol. The summed E-state index contributed by atoms with van der Waals surface area (Å²) in [6.45, 7) is 1.38. The molecule has 3 rings (SSSR count). The van der Waals surface area contributed by atoms with Gasteiger partial charge >= 0.3 is 5.97 Å². The van der Waals surface area contributed by atoms with E-state index < -0.39 is 29.0 Å². The predicted molar refractivity (Wildman–Crippen MR) is 100 cm³/mol. The zero-order valence-electron chi connectivity index (χ0n) is 14.4. The summed E-state index contributed by atoms with van der Waals surface area (Å²) in [6, 6.07) is 9.96. The number of carbonyl (C=O) groups is 1. The Balaban J connectivity index is 1.73. The lowest BCUT2D eigenvalue weighted by Crippen LogP contribution is -2.38. The van der Waals surface area contributed by atoms with Crippen LogP contribution in [-0.4, -0.2) is 46.3 Å². The quantitative estimate of drug-likeness (QED) is 0.705. The average Bonchev–Trinajstić information content (AvgIpc) is 3.10. The first-order valence-corrected chi connectivity index (χ1v) is 10.1. The summed E-state index contributed by atoms with van der Waals surface area (Å²) in [5.41, 5.74) is 0. The summed E-state index contributed by atoms with van der Waals surface area (Å²) in [6.07, 6.45) is 1.46. The number of aliphatic carboxylic acids is 1. The van der Waals surface area contributed by atoms with Crippen molar-refractivity contribution in [1.82, 2.24) is 4.90 Å². The van der Waals surface area contributed by atoms with Gasteiger partial charge in [0.05, 0.1) is 0 Å². The Labute approximate surface area is 164 Å². The third-order valence-electron chi connectivity index (χ3n) is 4.41. The molecule has 1 heterocycles. The molecule has 5 nitrogen and oxygen atoms in total. The van der Waals surface area contributed by atoms with Gasteiger partial charge in [0, 0.05) is 23.8 Å². The second-order valence-electron chi connectivity index (χ2n) is 6.17. The summed E-state index contributed by atoms with van der Waals surface area (Å²) in [5, 5.41) is 9.49. The van der Waals surface area contributed by atoms with Gasteiger partial charge in [-0.25, -0.2) is 4.39 Å². The van der Waals surface area contributed by atoms with Gasteiger partial charge in [-0.3, -0.25) is 9.69 Å². The van der Waals surface area contributed by atoms with E-state index in [1.807, 2.05) is 4.90 Å². The van der Waals surface area contributed by atoms with Crippen LogP contribution in [0.1, 0.15) is 12.8 Å². The highest BCUT2D eigenvalue weighted by atomic mass is 35.5. The summed E-state index contributed by atoms with van der Waals surface area (Å²) < 4.78 is 32.1. The van der Waals surface area contributed by atoms with Gasteiger partial charge in [-0.2, -0.15) is 0 Å². The fraction of sp³-hybridized carbons (Fsp3) is 0.316. The zero-order chi connectivity index (χ0) is 19.4. The molecule has 144 valence electrons. The van der Waals surface area contributed by atoms with Gasteiger partial charge in [0.15, 0.2) is 10.6 Å². The molecular formula is C19H19ClFNO4S. The fourth-order valence-electron chi connectivity index (χ4n) is 3.13. The SMILES string of the molecule is O=C(O)[C@@H]1CCCN1CCOc1cccc(Cl)c1[S+]([O-])c1cccc(F)c1. The molecule has 2 aromatic carbocycles. The lowest BCUT2D eigenvalue weighted by atomic mass is 10.2. The van der Waals surface area contributed by atoms with Gasteiger partial charge in [-0.05, 0) is 43.7 Å². The van der Waals surface area contributed by atoms with Crippen LogP contribution in [0.15, 0.2) is 52.3 Å². The standard InChI is InChI=1S/C19H19ClFNO4S/c20-15-6-2-8-17(18(15)27(25)14-5-1-4-13(21)12-14)26-11-10-22-9-3-7-16(22)19(23)24/h1-2,4-6,8,12,16H,3,7,9-11H2,(H,23,24)/t16-,27?/m0/s1. The van der Waals surface area contributed by atoms with Gasteiger partial charge in [0.1, 0.15) is 23.5 Å². The molecule has 1 aliphatic rings. The first-order valence-electron chi connectivity index (χ1n) is 8.53. The van der Waals surface area contributed by atoms with Crippen molar-refractivity contribution in [3.05, 3.63) is 53.3 Å². The normalized spacial score (nSPS) is 18.4. The molecule has 1 saturated heterocycles. The Morgan fingerprint density at radius 3 is 2.89 bits per heavy atom. The molecule has 8 heteroatoms. The van der Waals surface area contributed by atoms with E-state index in [1.54, 1.807) is 24.3 Å². The van der Waals surface area contributed by atoms with Crippen LogP contribution >= 0.6 is 11.6 Å². The van der Waals surface area contributed by atoms with E-state index in [-0.39, 0.29) is 16.5 Å². The van der Waals surface area contributed by atoms with Crippen molar-refractivity contribution in [3.63, 3.8) is 0 Å². The van der Waals surface area contributed by atoms with E-state index in [2.05, 4.69) is 0 Å². The van der Waals surface area contributed by atoms with E-state index in [1.165, 1.54) is 18.2 Å². The number of carboxylic acid groups (broad SMARTS) is 1. The van der Waals surface area contributed by atoms with Crippen LogP contribution in [0.25, 0.3) is 0 Å². The molecule has 0 radical (unpaired) electrons. The third-order valence-corrected chi connectivity index (χ3v) is 6.31.